The highest BCUT2D eigenvalue weighted by atomic mass is 32.2. The van der Waals surface area contributed by atoms with Crippen molar-refractivity contribution < 1.29 is 0 Å². The molecule has 14 heavy (non-hydrogen) atoms. The van der Waals surface area contributed by atoms with E-state index in [1.165, 1.54) is 30.7 Å². The third-order valence-corrected chi connectivity index (χ3v) is 4.44. The normalized spacial score (nSPS) is 14.6. The average molecular weight is 214 g/mol. The van der Waals surface area contributed by atoms with Gasteiger partial charge >= 0.3 is 0 Å². The Morgan fingerprint density at radius 3 is 1.50 bits per heavy atom. The molecule has 0 N–H and O–H groups in total. The van der Waals surface area contributed by atoms with Crippen molar-refractivity contribution in [3.63, 3.8) is 0 Å². The van der Waals surface area contributed by atoms with Crippen molar-refractivity contribution >= 4 is 23.5 Å². The Hall–Kier alpha value is -0.860. The van der Waals surface area contributed by atoms with Crippen LogP contribution < -0.4 is 0 Å². The summed E-state index contributed by atoms with van der Waals surface area (Å²) in [6, 6.07) is 13.4. The second kappa shape index (κ2) is 2.38. The number of hydrogen-bond acceptors (Lipinski definition) is 2. The number of benzene rings is 2. The minimum atomic E-state index is 1.35. The fraction of sp³-hybridized carbons (Fsp3) is 0. The summed E-state index contributed by atoms with van der Waals surface area (Å²) in [7, 11) is 0. The molecule has 0 bridgehead atoms. The molecular formula is C12H6S2. The molecule has 2 aromatic carbocycles. The van der Waals surface area contributed by atoms with Gasteiger partial charge in [-0.25, -0.2) is 0 Å². The molecule has 0 fully saturated rings. The quantitative estimate of drug-likeness (QED) is 0.434. The zero-order valence-electron chi connectivity index (χ0n) is 7.28. The average Bonchev–Trinajstić information content (AvgIpc) is 3.10. The molecule has 0 spiro atoms. The van der Waals surface area contributed by atoms with Crippen LogP contribution in [0.2, 0.25) is 0 Å². The molecular weight excluding hydrogens is 208 g/mol. The van der Waals surface area contributed by atoms with Gasteiger partial charge in [-0.1, -0.05) is 35.7 Å². The van der Waals surface area contributed by atoms with E-state index in [0.29, 0.717) is 0 Å². The van der Waals surface area contributed by atoms with E-state index >= 15 is 0 Å². The van der Waals surface area contributed by atoms with Crippen LogP contribution in [-0.2, 0) is 0 Å². The van der Waals surface area contributed by atoms with Crippen LogP contribution in [0.15, 0.2) is 56.0 Å². The first-order valence-electron chi connectivity index (χ1n) is 4.54. The summed E-state index contributed by atoms with van der Waals surface area (Å²) in [5, 5.41) is 0. The van der Waals surface area contributed by atoms with Gasteiger partial charge in [-0.3, -0.25) is 0 Å². The van der Waals surface area contributed by atoms with E-state index in [-0.39, 0.29) is 0 Å². The molecule has 0 atom stereocenters. The summed E-state index contributed by atoms with van der Waals surface area (Å²) < 4.78 is 0. The lowest BCUT2D eigenvalue weighted by atomic mass is 10.1. The van der Waals surface area contributed by atoms with Crippen molar-refractivity contribution in [3.8, 4) is 11.1 Å². The maximum atomic E-state index is 2.29. The van der Waals surface area contributed by atoms with Crippen LogP contribution in [0.3, 0.4) is 0 Å². The van der Waals surface area contributed by atoms with Crippen molar-refractivity contribution in [2.45, 2.75) is 19.6 Å². The van der Waals surface area contributed by atoms with Crippen LogP contribution in [0.5, 0.6) is 0 Å². The highest BCUT2D eigenvalue weighted by Crippen LogP contribution is 2.52. The SMILES string of the molecule is c1cc2c(cc1-c1ccc3c(c1)S3)S2. The molecule has 4 rings (SSSR count). The number of hydrogen-bond donors (Lipinski definition) is 0. The zero-order chi connectivity index (χ0) is 9.12. The smallest absolute Gasteiger partial charge is 0.0268 e. The monoisotopic (exact) mass is 214 g/mol. The zero-order valence-corrected chi connectivity index (χ0v) is 8.91. The maximum absolute atomic E-state index is 2.29. The summed E-state index contributed by atoms with van der Waals surface area (Å²) >= 11 is 3.76. The highest BCUT2D eigenvalue weighted by Gasteiger charge is 2.21. The predicted octanol–water partition coefficient (Wildman–Crippen LogP) is 4.28. The number of rotatable bonds is 1. The largest absolute Gasteiger partial charge is 0.0877 e. The summed E-state index contributed by atoms with van der Waals surface area (Å²) in [5.74, 6) is 0. The first kappa shape index (κ1) is 7.43. The Kier molecular flexibility index (Phi) is 1.27. The van der Waals surface area contributed by atoms with Gasteiger partial charge in [0.2, 0.25) is 0 Å². The molecule has 0 aromatic heterocycles. The molecule has 0 saturated heterocycles. The molecule has 0 nitrogen and oxygen atoms in total. The van der Waals surface area contributed by atoms with Crippen LogP contribution >= 0.6 is 23.5 Å². The first-order valence-corrected chi connectivity index (χ1v) is 6.18. The Balaban J connectivity index is 1.89. The lowest BCUT2D eigenvalue weighted by molar-refractivity contribution is 1.34. The van der Waals surface area contributed by atoms with Gasteiger partial charge in [0.05, 0.1) is 0 Å². The van der Waals surface area contributed by atoms with Crippen molar-refractivity contribution in [1.82, 2.24) is 0 Å². The fourth-order valence-corrected chi connectivity index (χ4v) is 2.96. The van der Waals surface area contributed by atoms with E-state index in [1.807, 2.05) is 23.5 Å². The Bertz CT molecular complexity index is 507. The van der Waals surface area contributed by atoms with Gasteiger partial charge in [-0.2, -0.15) is 0 Å². The highest BCUT2D eigenvalue weighted by molar-refractivity contribution is 8.05. The van der Waals surface area contributed by atoms with Crippen LogP contribution in [0.1, 0.15) is 0 Å². The van der Waals surface area contributed by atoms with Crippen LogP contribution in [-0.4, -0.2) is 0 Å². The summed E-state index contributed by atoms with van der Waals surface area (Å²) in [4.78, 5) is 5.77. The molecule has 2 heterocycles. The predicted molar refractivity (Wildman–Crippen MR) is 60.1 cm³/mol. The van der Waals surface area contributed by atoms with E-state index in [0.717, 1.165) is 0 Å². The standard InChI is InChI=1S/C12H6S2/c1-3-9-11(13-9)5-7(1)8-2-4-10-12(6-8)14-10/h1-6H. The van der Waals surface area contributed by atoms with Crippen LogP contribution in [0.25, 0.3) is 11.1 Å². The van der Waals surface area contributed by atoms with Gasteiger partial charge in [0.1, 0.15) is 0 Å². The maximum Gasteiger partial charge on any atom is 0.0268 e. The van der Waals surface area contributed by atoms with Gasteiger partial charge in [0, 0.05) is 19.6 Å². The minimum Gasteiger partial charge on any atom is -0.0877 e. The Morgan fingerprint density at radius 2 is 1.07 bits per heavy atom. The van der Waals surface area contributed by atoms with Gasteiger partial charge in [-0.05, 0) is 35.4 Å². The lowest BCUT2D eigenvalue weighted by Crippen LogP contribution is -1.73. The van der Waals surface area contributed by atoms with Gasteiger partial charge in [0.25, 0.3) is 0 Å². The van der Waals surface area contributed by atoms with Crippen molar-refractivity contribution in [3.05, 3.63) is 36.4 Å². The van der Waals surface area contributed by atoms with Crippen molar-refractivity contribution in [2.24, 2.45) is 0 Å². The third kappa shape index (κ3) is 1.04. The molecule has 2 aliphatic rings. The van der Waals surface area contributed by atoms with E-state index in [2.05, 4.69) is 36.4 Å². The summed E-state index contributed by atoms with van der Waals surface area (Å²) in [5.41, 5.74) is 2.70. The summed E-state index contributed by atoms with van der Waals surface area (Å²) in [6.45, 7) is 0. The Labute approximate surface area is 90.7 Å². The van der Waals surface area contributed by atoms with E-state index < -0.39 is 0 Å². The molecule has 2 aromatic rings. The van der Waals surface area contributed by atoms with Crippen molar-refractivity contribution in [2.75, 3.05) is 0 Å². The van der Waals surface area contributed by atoms with Crippen LogP contribution in [0, 0.1) is 0 Å². The molecule has 2 heteroatoms. The second-order valence-electron chi connectivity index (χ2n) is 3.53. The lowest BCUT2D eigenvalue weighted by Gasteiger charge is -1.97. The second-order valence-corrected chi connectivity index (χ2v) is 5.69. The first-order chi connectivity index (χ1) is 6.90. The van der Waals surface area contributed by atoms with Gasteiger partial charge < -0.3 is 0 Å². The van der Waals surface area contributed by atoms with E-state index in [4.69, 9.17) is 0 Å². The summed E-state index contributed by atoms with van der Waals surface area (Å²) in [6.07, 6.45) is 0. The topological polar surface area (TPSA) is 0 Å². The fourth-order valence-electron chi connectivity index (χ4n) is 1.69. The minimum absolute atomic E-state index is 1.35. The van der Waals surface area contributed by atoms with E-state index in [1.54, 1.807) is 0 Å². The molecule has 0 unspecified atom stereocenters. The Morgan fingerprint density at radius 1 is 0.571 bits per heavy atom. The third-order valence-electron chi connectivity index (χ3n) is 2.58. The van der Waals surface area contributed by atoms with E-state index in [9.17, 15) is 0 Å². The molecule has 0 saturated carbocycles. The van der Waals surface area contributed by atoms with Crippen LogP contribution in [0.4, 0.5) is 0 Å². The molecule has 0 radical (unpaired) electrons. The molecule has 66 valence electrons. The molecule has 0 amide bonds. The molecule has 2 aliphatic heterocycles. The van der Waals surface area contributed by atoms with Gasteiger partial charge in [0.15, 0.2) is 0 Å². The number of fused-ring (bicyclic) bond motifs is 2. The molecule has 0 aliphatic carbocycles. The van der Waals surface area contributed by atoms with Gasteiger partial charge in [-0.15, -0.1) is 0 Å². The van der Waals surface area contributed by atoms with Crippen molar-refractivity contribution in [1.29, 1.82) is 0 Å².